The Balaban J connectivity index is 2.28. The fraction of sp³-hybridized carbons (Fsp3) is 0.900. The highest BCUT2D eigenvalue weighted by Gasteiger charge is 2.51. The third-order valence-corrected chi connectivity index (χ3v) is 3.17. The van der Waals surface area contributed by atoms with E-state index in [1.807, 2.05) is 11.9 Å². The van der Waals surface area contributed by atoms with Gasteiger partial charge in [0.2, 0.25) is 0 Å². The average Bonchev–Trinajstić information content (AvgIpc) is 2.61. The Morgan fingerprint density at radius 2 is 2.21 bits per heavy atom. The van der Waals surface area contributed by atoms with Gasteiger partial charge >= 0.3 is 6.03 Å². The second-order valence-corrected chi connectivity index (χ2v) is 4.63. The normalized spacial score (nSPS) is 32.7. The molecule has 0 saturated carbocycles. The number of carbonyl (C=O) groups is 1. The molecule has 1 unspecified atom stereocenters. The molecule has 4 heteroatoms. The van der Waals surface area contributed by atoms with Crippen molar-refractivity contribution in [3.63, 3.8) is 0 Å². The average molecular weight is 198 g/mol. The van der Waals surface area contributed by atoms with Gasteiger partial charge in [-0.15, -0.1) is 0 Å². The Kier molecular flexibility index (Phi) is 2.18. The predicted octanol–water partition coefficient (Wildman–Crippen LogP) is 0.921. The molecule has 80 valence electrons. The second kappa shape index (κ2) is 3.12. The van der Waals surface area contributed by atoms with Gasteiger partial charge in [-0.2, -0.15) is 0 Å². The fourth-order valence-electron chi connectivity index (χ4n) is 2.65. The highest BCUT2D eigenvalue weighted by molar-refractivity contribution is 5.78. The lowest BCUT2D eigenvalue weighted by atomic mass is 9.97. The Labute approximate surface area is 84.8 Å². The topological polar surface area (TPSA) is 32.8 Å². The first-order valence-corrected chi connectivity index (χ1v) is 5.19. The van der Waals surface area contributed by atoms with Crippen LogP contribution >= 0.6 is 0 Å². The molecule has 0 aromatic heterocycles. The Morgan fingerprint density at radius 3 is 2.71 bits per heavy atom. The first-order valence-electron chi connectivity index (χ1n) is 5.19. The summed E-state index contributed by atoms with van der Waals surface area (Å²) in [7, 11) is 1.87. The van der Waals surface area contributed by atoms with Crippen molar-refractivity contribution in [2.45, 2.75) is 31.8 Å². The van der Waals surface area contributed by atoms with Crippen LogP contribution in [0.4, 0.5) is 4.79 Å². The van der Waals surface area contributed by atoms with Crippen molar-refractivity contribution in [2.75, 3.05) is 26.8 Å². The van der Waals surface area contributed by atoms with Crippen molar-refractivity contribution < 1.29 is 9.53 Å². The molecule has 0 N–H and O–H groups in total. The summed E-state index contributed by atoms with van der Waals surface area (Å²) >= 11 is 0. The van der Waals surface area contributed by atoms with Crippen molar-refractivity contribution >= 4 is 6.03 Å². The SMILES string of the molecule is CC(C)N1C(=O)N(C)CC12CCOC2. The number of rotatable bonds is 1. The van der Waals surface area contributed by atoms with Crippen molar-refractivity contribution in [1.82, 2.24) is 9.80 Å². The maximum Gasteiger partial charge on any atom is 0.320 e. The molecule has 14 heavy (non-hydrogen) atoms. The highest BCUT2D eigenvalue weighted by Crippen LogP contribution is 2.34. The van der Waals surface area contributed by atoms with Crippen LogP contribution in [0.3, 0.4) is 0 Å². The molecule has 0 aromatic carbocycles. The lowest BCUT2D eigenvalue weighted by Crippen LogP contribution is -2.51. The monoisotopic (exact) mass is 198 g/mol. The molecule has 0 bridgehead atoms. The van der Waals surface area contributed by atoms with E-state index in [1.54, 1.807) is 4.90 Å². The number of amides is 2. The van der Waals surface area contributed by atoms with Gasteiger partial charge in [-0.05, 0) is 20.3 Å². The van der Waals surface area contributed by atoms with Crippen LogP contribution in [0.5, 0.6) is 0 Å². The first kappa shape index (κ1) is 9.77. The number of carbonyl (C=O) groups excluding carboxylic acids is 1. The van der Waals surface area contributed by atoms with Crippen molar-refractivity contribution in [3.8, 4) is 0 Å². The first-order chi connectivity index (χ1) is 6.57. The number of ether oxygens (including phenoxy) is 1. The summed E-state index contributed by atoms with van der Waals surface area (Å²) in [6, 6.07) is 0.402. The second-order valence-electron chi connectivity index (χ2n) is 4.63. The summed E-state index contributed by atoms with van der Waals surface area (Å²) in [5.74, 6) is 0. The van der Waals surface area contributed by atoms with Gasteiger partial charge in [0, 0.05) is 26.2 Å². The zero-order valence-corrected chi connectivity index (χ0v) is 9.12. The standard InChI is InChI=1S/C10H18N2O2/c1-8(2)12-9(13)11(3)6-10(12)4-5-14-7-10/h8H,4-7H2,1-3H3. The molecular formula is C10H18N2O2. The molecule has 2 aliphatic heterocycles. The van der Waals surface area contributed by atoms with Crippen LogP contribution in [0, 0.1) is 0 Å². The summed E-state index contributed by atoms with van der Waals surface area (Å²) in [5, 5.41) is 0. The van der Waals surface area contributed by atoms with Gasteiger partial charge in [-0.25, -0.2) is 4.79 Å². The van der Waals surface area contributed by atoms with Crippen LogP contribution in [0.2, 0.25) is 0 Å². The largest absolute Gasteiger partial charge is 0.379 e. The van der Waals surface area contributed by atoms with Crippen molar-refractivity contribution in [3.05, 3.63) is 0 Å². The van der Waals surface area contributed by atoms with E-state index in [0.29, 0.717) is 6.61 Å². The number of urea groups is 1. The van der Waals surface area contributed by atoms with Crippen molar-refractivity contribution in [1.29, 1.82) is 0 Å². The molecule has 2 fully saturated rings. The zero-order chi connectivity index (χ0) is 10.3. The molecule has 1 atom stereocenters. The summed E-state index contributed by atoms with van der Waals surface area (Å²) in [5.41, 5.74) is -0.0417. The molecule has 0 radical (unpaired) electrons. The lowest BCUT2D eigenvalue weighted by Gasteiger charge is -2.34. The van der Waals surface area contributed by atoms with E-state index < -0.39 is 0 Å². The maximum atomic E-state index is 11.9. The molecule has 2 rings (SSSR count). The van der Waals surface area contributed by atoms with Gasteiger partial charge in [-0.3, -0.25) is 0 Å². The van der Waals surface area contributed by atoms with Gasteiger partial charge in [0.1, 0.15) is 0 Å². The predicted molar refractivity (Wildman–Crippen MR) is 53.2 cm³/mol. The highest BCUT2D eigenvalue weighted by atomic mass is 16.5. The maximum absolute atomic E-state index is 11.9. The molecule has 2 heterocycles. The molecule has 2 saturated heterocycles. The van der Waals surface area contributed by atoms with Crippen LogP contribution in [-0.2, 0) is 4.74 Å². The van der Waals surface area contributed by atoms with Gasteiger partial charge in [0.05, 0.1) is 12.1 Å². The Hall–Kier alpha value is -0.770. The minimum Gasteiger partial charge on any atom is -0.379 e. The van der Waals surface area contributed by atoms with Crippen LogP contribution < -0.4 is 0 Å². The summed E-state index contributed by atoms with van der Waals surface area (Å²) < 4.78 is 5.44. The minimum absolute atomic E-state index is 0.0417. The van der Waals surface area contributed by atoms with E-state index in [0.717, 1.165) is 19.6 Å². The quantitative estimate of drug-likeness (QED) is 0.627. The van der Waals surface area contributed by atoms with Gasteiger partial charge in [0.15, 0.2) is 0 Å². The summed E-state index contributed by atoms with van der Waals surface area (Å²) in [4.78, 5) is 15.7. The van der Waals surface area contributed by atoms with E-state index in [9.17, 15) is 4.79 Å². The molecule has 2 amide bonds. The molecule has 2 aliphatic rings. The third kappa shape index (κ3) is 1.21. The van der Waals surface area contributed by atoms with Crippen LogP contribution in [-0.4, -0.2) is 54.2 Å². The Bertz CT molecular complexity index is 247. The van der Waals surface area contributed by atoms with E-state index in [2.05, 4.69) is 13.8 Å². The van der Waals surface area contributed by atoms with Crippen molar-refractivity contribution in [2.24, 2.45) is 0 Å². The number of nitrogens with zero attached hydrogens (tertiary/aromatic N) is 2. The fourth-order valence-corrected chi connectivity index (χ4v) is 2.65. The summed E-state index contributed by atoms with van der Waals surface area (Å²) in [6.07, 6.45) is 0.973. The van der Waals surface area contributed by atoms with E-state index in [-0.39, 0.29) is 17.6 Å². The van der Waals surface area contributed by atoms with Crippen LogP contribution in [0.25, 0.3) is 0 Å². The number of hydrogen-bond acceptors (Lipinski definition) is 2. The van der Waals surface area contributed by atoms with E-state index >= 15 is 0 Å². The Morgan fingerprint density at radius 1 is 1.50 bits per heavy atom. The number of likely N-dealkylation sites (N-methyl/N-ethyl adjacent to an activating group) is 1. The van der Waals surface area contributed by atoms with Crippen LogP contribution in [0.1, 0.15) is 20.3 Å². The zero-order valence-electron chi connectivity index (χ0n) is 9.12. The lowest BCUT2D eigenvalue weighted by molar-refractivity contribution is 0.102. The van der Waals surface area contributed by atoms with Gasteiger partial charge in [0.25, 0.3) is 0 Å². The minimum atomic E-state index is -0.0417. The third-order valence-electron chi connectivity index (χ3n) is 3.17. The molecule has 0 aliphatic carbocycles. The summed E-state index contributed by atoms with van der Waals surface area (Å²) in [6.45, 7) is 6.42. The number of hydrogen-bond donors (Lipinski definition) is 0. The van der Waals surface area contributed by atoms with E-state index in [1.165, 1.54) is 0 Å². The smallest absolute Gasteiger partial charge is 0.320 e. The molecule has 4 nitrogen and oxygen atoms in total. The molecule has 1 spiro atoms. The van der Waals surface area contributed by atoms with E-state index in [4.69, 9.17) is 4.74 Å². The molecule has 0 aromatic rings. The van der Waals surface area contributed by atoms with Crippen LogP contribution in [0.15, 0.2) is 0 Å². The van der Waals surface area contributed by atoms with Gasteiger partial charge in [-0.1, -0.05) is 0 Å². The molecular weight excluding hydrogens is 180 g/mol. The van der Waals surface area contributed by atoms with Gasteiger partial charge < -0.3 is 14.5 Å².